The number of carbonyl (C=O) groups is 1. The van der Waals surface area contributed by atoms with Crippen LogP contribution in [0.5, 0.6) is 0 Å². The molecule has 3 aromatic rings. The van der Waals surface area contributed by atoms with Crippen LogP contribution in [0.25, 0.3) is 23.0 Å². The van der Waals surface area contributed by atoms with Gasteiger partial charge in [-0.05, 0) is 29.2 Å². The molecule has 0 aliphatic rings. The van der Waals surface area contributed by atoms with Gasteiger partial charge < -0.3 is 9.63 Å². The number of benzene rings is 1. The fourth-order valence-corrected chi connectivity index (χ4v) is 2.82. The van der Waals surface area contributed by atoms with Crippen LogP contribution in [0.3, 0.4) is 0 Å². The molecule has 5 nitrogen and oxygen atoms in total. The van der Waals surface area contributed by atoms with Crippen LogP contribution in [-0.4, -0.2) is 21.2 Å². The summed E-state index contributed by atoms with van der Waals surface area (Å²) >= 11 is 7.64. The standard InChI is InChI=1S/C16H11ClN2O3S/c17-13-4-2-1-3-10(13)7-12(8-14(20)21)16-18-15(19-22-16)11-5-6-23-9-11/h1-7,9H,8H2,(H,20,21)/b12-7+. The SMILES string of the molecule is O=C(O)C/C(=C\c1ccccc1Cl)c1nc(-c2ccsc2)no1. The molecular formula is C16H11ClN2O3S. The molecule has 0 fully saturated rings. The molecule has 0 bridgehead atoms. The molecular weight excluding hydrogens is 336 g/mol. The number of carboxylic acid groups (broad SMARTS) is 1. The van der Waals surface area contributed by atoms with Gasteiger partial charge in [-0.2, -0.15) is 16.3 Å². The van der Waals surface area contributed by atoms with Crippen molar-refractivity contribution in [2.24, 2.45) is 0 Å². The van der Waals surface area contributed by atoms with Crippen molar-refractivity contribution < 1.29 is 14.4 Å². The van der Waals surface area contributed by atoms with Crippen LogP contribution in [0.1, 0.15) is 17.9 Å². The molecule has 7 heteroatoms. The summed E-state index contributed by atoms with van der Waals surface area (Å²) in [4.78, 5) is 15.4. The quantitative estimate of drug-likeness (QED) is 0.737. The molecule has 0 radical (unpaired) electrons. The van der Waals surface area contributed by atoms with E-state index in [1.54, 1.807) is 24.3 Å². The van der Waals surface area contributed by atoms with E-state index in [-0.39, 0.29) is 12.3 Å². The summed E-state index contributed by atoms with van der Waals surface area (Å²) in [6.07, 6.45) is 1.41. The second kappa shape index (κ2) is 6.76. The van der Waals surface area contributed by atoms with Crippen LogP contribution in [0, 0.1) is 0 Å². The van der Waals surface area contributed by atoms with E-state index in [9.17, 15) is 4.79 Å². The van der Waals surface area contributed by atoms with Crippen molar-refractivity contribution in [2.45, 2.75) is 6.42 Å². The molecule has 0 amide bonds. The molecule has 0 atom stereocenters. The van der Waals surface area contributed by atoms with E-state index in [1.165, 1.54) is 11.3 Å². The number of hydrogen-bond donors (Lipinski definition) is 1. The van der Waals surface area contributed by atoms with Crippen molar-refractivity contribution in [3.63, 3.8) is 0 Å². The molecule has 0 aliphatic carbocycles. The molecule has 0 saturated heterocycles. The van der Waals surface area contributed by atoms with Crippen LogP contribution in [-0.2, 0) is 4.79 Å². The third-order valence-corrected chi connectivity index (χ3v) is 4.08. The number of aliphatic carboxylic acids is 1. The minimum absolute atomic E-state index is 0.175. The van der Waals surface area contributed by atoms with Crippen LogP contribution in [0.4, 0.5) is 0 Å². The lowest BCUT2D eigenvalue weighted by Crippen LogP contribution is -1.97. The molecule has 0 saturated carbocycles. The van der Waals surface area contributed by atoms with Gasteiger partial charge in [0.25, 0.3) is 5.89 Å². The number of rotatable bonds is 5. The zero-order valence-electron chi connectivity index (χ0n) is 11.8. The molecule has 2 aromatic heterocycles. The lowest BCUT2D eigenvalue weighted by molar-refractivity contribution is -0.135. The Labute approximate surface area is 140 Å². The van der Waals surface area contributed by atoms with E-state index in [4.69, 9.17) is 21.2 Å². The van der Waals surface area contributed by atoms with Crippen molar-refractivity contribution in [2.75, 3.05) is 0 Å². The van der Waals surface area contributed by atoms with Gasteiger partial charge in [0.1, 0.15) is 0 Å². The first-order valence-corrected chi connectivity index (χ1v) is 7.99. The molecule has 2 heterocycles. The molecule has 3 rings (SSSR count). The third-order valence-electron chi connectivity index (χ3n) is 3.06. The monoisotopic (exact) mass is 346 g/mol. The van der Waals surface area contributed by atoms with Gasteiger partial charge in [0, 0.05) is 21.5 Å². The Morgan fingerprint density at radius 3 is 2.87 bits per heavy atom. The van der Waals surface area contributed by atoms with Crippen molar-refractivity contribution in [3.05, 3.63) is 57.6 Å². The normalized spacial score (nSPS) is 11.6. The van der Waals surface area contributed by atoms with E-state index >= 15 is 0 Å². The van der Waals surface area contributed by atoms with Crippen LogP contribution in [0.15, 0.2) is 45.6 Å². The highest BCUT2D eigenvalue weighted by Gasteiger charge is 2.16. The predicted octanol–water partition coefficient (Wildman–Crippen LogP) is 4.47. The number of thiophene rings is 1. The number of carboxylic acids is 1. The highest BCUT2D eigenvalue weighted by molar-refractivity contribution is 7.08. The molecule has 0 aliphatic heterocycles. The highest BCUT2D eigenvalue weighted by Crippen LogP contribution is 2.26. The first-order chi connectivity index (χ1) is 11.1. The minimum Gasteiger partial charge on any atom is -0.481 e. The fraction of sp³-hybridized carbons (Fsp3) is 0.0625. The van der Waals surface area contributed by atoms with Gasteiger partial charge >= 0.3 is 5.97 Å². The number of aromatic nitrogens is 2. The summed E-state index contributed by atoms with van der Waals surface area (Å²) in [5, 5.41) is 17.3. The Kier molecular flexibility index (Phi) is 4.55. The predicted molar refractivity (Wildman–Crippen MR) is 89.2 cm³/mol. The Balaban J connectivity index is 2.00. The largest absolute Gasteiger partial charge is 0.481 e. The summed E-state index contributed by atoms with van der Waals surface area (Å²) < 4.78 is 5.23. The van der Waals surface area contributed by atoms with Crippen LogP contribution in [0.2, 0.25) is 5.02 Å². The minimum atomic E-state index is -0.987. The molecule has 0 spiro atoms. The van der Waals surface area contributed by atoms with E-state index in [2.05, 4.69) is 10.1 Å². The summed E-state index contributed by atoms with van der Waals surface area (Å²) in [6, 6.07) is 9.02. The Morgan fingerprint density at radius 2 is 2.17 bits per heavy atom. The maximum Gasteiger partial charge on any atom is 0.308 e. The third kappa shape index (κ3) is 3.67. The maximum atomic E-state index is 11.1. The first kappa shape index (κ1) is 15.5. The zero-order chi connectivity index (χ0) is 16.2. The Hall–Kier alpha value is -2.44. The number of nitrogens with zero attached hydrogens (tertiary/aromatic N) is 2. The van der Waals surface area contributed by atoms with Crippen LogP contribution >= 0.6 is 22.9 Å². The molecule has 1 aromatic carbocycles. The Morgan fingerprint density at radius 1 is 1.35 bits per heavy atom. The van der Waals surface area contributed by atoms with Crippen LogP contribution < -0.4 is 0 Å². The van der Waals surface area contributed by atoms with Gasteiger partial charge in [-0.1, -0.05) is 35.0 Å². The molecule has 0 unspecified atom stereocenters. The van der Waals surface area contributed by atoms with Crippen molar-refractivity contribution in [3.8, 4) is 11.4 Å². The second-order valence-corrected chi connectivity index (χ2v) is 5.88. The van der Waals surface area contributed by atoms with Crippen molar-refractivity contribution in [1.29, 1.82) is 0 Å². The summed E-state index contributed by atoms with van der Waals surface area (Å²) in [6.45, 7) is 0. The average molecular weight is 347 g/mol. The van der Waals surface area contributed by atoms with Gasteiger partial charge in [0.2, 0.25) is 5.82 Å². The first-order valence-electron chi connectivity index (χ1n) is 6.67. The zero-order valence-corrected chi connectivity index (χ0v) is 13.3. The molecule has 116 valence electrons. The summed E-state index contributed by atoms with van der Waals surface area (Å²) in [7, 11) is 0. The van der Waals surface area contributed by atoms with E-state index in [0.29, 0.717) is 22.0 Å². The topological polar surface area (TPSA) is 76.2 Å². The molecule has 23 heavy (non-hydrogen) atoms. The fourth-order valence-electron chi connectivity index (χ4n) is 1.99. The average Bonchev–Trinajstić information content (AvgIpc) is 3.19. The van der Waals surface area contributed by atoms with Crippen molar-refractivity contribution in [1.82, 2.24) is 10.1 Å². The highest BCUT2D eigenvalue weighted by atomic mass is 35.5. The lowest BCUT2D eigenvalue weighted by atomic mass is 10.1. The van der Waals surface area contributed by atoms with E-state index < -0.39 is 5.97 Å². The second-order valence-electron chi connectivity index (χ2n) is 4.70. The van der Waals surface area contributed by atoms with E-state index in [1.807, 2.05) is 22.9 Å². The summed E-state index contributed by atoms with van der Waals surface area (Å²) in [5.41, 5.74) is 1.93. The lowest BCUT2D eigenvalue weighted by Gasteiger charge is -2.01. The van der Waals surface area contributed by atoms with E-state index in [0.717, 1.165) is 5.56 Å². The smallest absolute Gasteiger partial charge is 0.308 e. The van der Waals surface area contributed by atoms with Gasteiger partial charge in [0.05, 0.1) is 6.42 Å². The number of halogens is 1. The molecule has 1 N–H and O–H groups in total. The van der Waals surface area contributed by atoms with Gasteiger partial charge in [0.15, 0.2) is 0 Å². The van der Waals surface area contributed by atoms with Crippen molar-refractivity contribution >= 4 is 40.6 Å². The summed E-state index contributed by atoms with van der Waals surface area (Å²) in [5.74, 6) is -0.385. The number of hydrogen-bond acceptors (Lipinski definition) is 5. The van der Waals surface area contributed by atoms with Gasteiger partial charge in [-0.25, -0.2) is 0 Å². The maximum absolute atomic E-state index is 11.1. The Bertz CT molecular complexity index is 856. The van der Waals surface area contributed by atoms with Gasteiger partial charge in [-0.15, -0.1) is 0 Å². The van der Waals surface area contributed by atoms with Gasteiger partial charge in [-0.3, -0.25) is 4.79 Å².